The zero-order valence-corrected chi connectivity index (χ0v) is 14.9. The monoisotopic (exact) mass is 306 g/mol. The fraction of sp³-hybridized carbons (Fsp3) is 0.478. The van der Waals surface area contributed by atoms with Crippen LogP contribution in [0.1, 0.15) is 69.4 Å². The van der Waals surface area contributed by atoms with Crippen LogP contribution in [0.3, 0.4) is 0 Å². The Bertz CT molecular complexity index is 610. The zero-order valence-electron chi connectivity index (χ0n) is 14.9. The molecule has 122 valence electrons. The molecule has 0 aliphatic heterocycles. The van der Waals surface area contributed by atoms with E-state index in [1.807, 2.05) is 0 Å². The highest BCUT2D eigenvalue weighted by atomic mass is 14.4. The SMILES string of the molecule is CCCC1(C)CCC(c2ccc(-c3ccc(C)cc3)cc2)CC1. The van der Waals surface area contributed by atoms with Gasteiger partial charge >= 0.3 is 0 Å². The van der Waals surface area contributed by atoms with Crippen LogP contribution in [0.15, 0.2) is 48.5 Å². The fourth-order valence-electron chi connectivity index (χ4n) is 4.20. The topological polar surface area (TPSA) is 0 Å². The van der Waals surface area contributed by atoms with Crippen molar-refractivity contribution in [2.75, 3.05) is 0 Å². The maximum atomic E-state index is 2.49. The van der Waals surface area contributed by atoms with Crippen molar-refractivity contribution in [1.82, 2.24) is 0 Å². The molecule has 0 radical (unpaired) electrons. The molecular weight excluding hydrogens is 276 g/mol. The third-order valence-corrected chi connectivity index (χ3v) is 5.81. The second kappa shape index (κ2) is 6.91. The van der Waals surface area contributed by atoms with Crippen molar-refractivity contribution < 1.29 is 0 Å². The summed E-state index contributed by atoms with van der Waals surface area (Å²) in [5.41, 5.74) is 6.12. The van der Waals surface area contributed by atoms with E-state index in [0.29, 0.717) is 5.41 Å². The van der Waals surface area contributed by atoms with Gasteiger partial charge in [0, 0.05) is 0 Å². The van der Waals surface area contributed by atoms with Gasteiger partial charge in [0.1, 0.15) is 0 Å². The number of benzene rings is 2. The molecule has 23 heavy (non-hydrogen) atoms. The summed E-state index contributed by atoms with van der Waals surface area (Å²) in [7, 11) is 0. The molecule has 1 fully saturated rings. The highest BCUT2D eigenvalue weighted by molar-refractivity contribution is 5.64. The van der Waals surface area contributed by atoms with Crippen LogP contribution in [0.25, 0.3) is 11.1 Å². The molecule has 0 unspecified atom stereocenters. The molecule has 0 heteroatoms. The molecule has 1 aliphatic rings. The molecule has 3 rings (SSSR count). The van der Waals surface area contributed by atoms with Gasteiger partial charge in [0.05, 0.1) is 0 Å². The van der Waals surface area contributed by atoms with E-state index in [9.17, 15) is 0 Å². The lowest BCUT2D eigenvalue weighted by atomic mass is 9.68. The molecule has 0 atom stereocenters. The van der Waals surface area contributed by atoms with E-state index in [4.69, 9.17) is 0 Å². The first-order valence-electron chi connectivity index (χ1n) is 9.27. The molecule has 0 saturated heterocycles. The van der Waals surface area contributed by atoms with E-state index in [0.717, 1.165) is 5.92 Å². The lowest BCUT2D eigenvalue weighted by molar-refractivity contribution is 0.182. The largest absolute Gasteiger partial charge is 0.0654 e. The first-order chi connectivity index (χ1) is 11.1. The van der Waals surface area contributed by atoms with Crippen molar-refractivity contribution >= 4 is 0 Å². The van der Waals surface area contributed by atoms with E-state index in [1.54, 1.807) is 5.56 Å². The first kappa shape index (κ1) is 16.3. The Kier molecular flexibility index (Phi) is 4.90. The predicted octanol–water partition coefficient (Wildman–Crippen LogP) is 7.13. The van der Waals surface area contributed by atoms with Crippen LogP contribution >= 0.6 is 0 Å². The molecule has 0 N–H and O–H groups in total. The van der Waals surface area contributed by atoms with Gasteiger partial charge in [0.2, 0.25) is 0 Å². The van der Waals surface area contributed by atoms with Gasteiger partial charge in [-0.1, -0.05) is 74.4 Å². The van der Waals surface area contributed by atoms with E-state index >= 15 is 0 Å². The Labute approximate surface area is 141 Å². The Hall–Kier alpha value is -1.56. The molecule has 0 nitrogen and oxygen atoms in total. The van der Waals surface area contributed by atoms with Crippen LogP contribution < -0.4 is 0 Å². The number of aryl methyl sites for hydroxylation is 1. The average Bonchev–Trinajstić information content (AvgIpc) is 2.57. The molecule has 0 spiro atoms. The average molecular weight is 306 g/mol. The minimum atomic E-state index is 0.604. The van der Waals surface area contributed by atoms with Gasteiger partial charge < -0.3 is 0 Å². The van der Waals surface area contributed by atoms with Crippen LogP contribution in [0.5, 0.6) is 0 Å². The molecule has 1 aliphatic carbocycles. The van der Waals surface area contributed by atoms with Crippen LogP contribution in [0.4, 0.5) is 0 Å². The van der Waals surface area contributed by atoms with Crippen molar-refractivity contribution in [2.45, 2.75) is 65.2 Å². The summed E-state index contributed by atoms with van der Waals surface area (Å²) in [4.78, 5) is 0. The van der Waals surface area contributed by atoms with Crippen molar-refractivity contribution in [3.05, 3.63) is 59.7 Å². The summed E-state index contributed by atoms with van der Waals surface area (Å²) in [6, 6.07) is 18.2. The molecular formula is C23H30. The molecule has 2 aromatic rings. The normalized spacial score (nSPS) is 24.6. The van der Waals surface area contributed by atoms with E-state index in [2.05, 4.69) is 69.3 Å². The minimum absolute atomic E-state index is 0.604. The van der Waals surface area contributed by atoms with Gasteiger partial charge in [-0.05, 0) is 67.1 Å². The standard InChI is InChI=1S/C23H30/c1-4-15-23(3)16-13-22(14-17-23)21-11-9-20(10-12-21)19-7-5-18(2)6-8-19/h5-12,22H,4,13-17H2,1-3H3. The van der Waals surface area contributed by atoms with Crippen molar-refractivity contribution in [2.24, 2.45) is 5.41 Å². The third-order valence-electron chi connectivity index (χ3n) is 5.81. The van der Waals surface area contributed by atoms with Gasteiger partial charge in [-0.25, -0.2) is 0 Å². The summed E-state index contributed by atoms with van der Waals surface area (Å²) < 4.78 is 0. The molecule has 0 heterocycles. The second-order valence-corrected chi connectivity index (χ2v) is 7.82. The predicted molar refractivity (Wildman–Crippen MR) is 101 cm³/mol. The number of hydrogen-bond acceptors (Lipinski definition) is 0. The molecule has 0 bridgehead atoms. The minimum Gasteiger partial charge on any atom is -0.0654 e. The van der Waals surface area contributed by atoms with Crippen LogP contribution in [0.2, 0.25) is 0 Å². The van der Waals surface area contributed by atoms with E-state index < -0.39 is 0 Å². The van der Waals surface area contributed by atoms with Crippen molar-refractivity contribution in [3.63, 3.8) is 0 Å². The zero-order chi connectivity index (χ0) is 16.3. The molecule has 0 aromatic heterocycles. The smallest absolute Gasteiger partial charge is 0.0162 e. The lowest BCUT2D eigenvalue weighted by Gasteiger charge is -2.37. The summed E-state index contributed by atoms with van der Waals surface area (Å²) >= 11 is 0. The summed E-state index contributed by atoms with van der Waals surface area (Å²) in [6.07, 6.45) is 8.23. The maximum Gasteiger partial charge on any atom is -0.0162 e. The Balaban J connectivity index is 1.67. The quantitative estimate of drug-likeness (QED) is 0.563. The van der Waals surface area contributed by atoms with Gasteiger partial charge in [0.25, 0.3) is 0 Å². The van der Waals surface area contributed by atoms with Crippen LogP contribution in [-0.4, -0.2) is 0 Å². The molecule has 0 amide bonds. The summed E-state index contributed by atoms with van der Waals surface area (Å²) in [5, 5.41) is 0. The van der Waals surface area contributed by atoms with Crippen molar-refractivity contribution in [3.8, 4) is 11.1 Å². The number of rotatable bonds is 4. The summed E-state index contributed by atoms with van der Waals surface area (Å²) in [5.74, 6) is 0.770. The first-order valence-corrected chi connectivity index (χ1v) is 9.27. The highest BCUT2D eigenvalue weighted by Gasteiger charge is 2.30. The van der Waals surface area contributed by atoms with Gasteiger partial charge in [-0.15, -0.1) is 0 Å². The van der Waals surface area contributed by atoms with Gasteiger partial charge in [0.15, 0.2) is 0 Å². The fourth-order valence-corrected chi connectivity index (χ4v) is 4.20. The lowest BCUT2D eigenvalue weighted by Crippen LogP contribution is -2.23. The summed E-state index contributed by atoms with van der Waals surface area (Å²) in [6.45, 7) is 6.95. The Morgan fingerprint density at radius 1 is 0.870 bits per heavy atom. The molecule has 1 saturated carbocycles. The second-order valence-electron chi connectivity index (χ2n) is 7.82. The maximum absolute atomic E-state index is 2.49. The Morgan fingerprint density at radius 3 is 1.91 bits per heavy atom. The van der Waals surface area contributed by atoms with Gasteiger partial charge in [-0.2, -0.15) is 0 Å². The van der Waals surface area contributed by atoms with Crippen molar-refractivity contribution in [1.29, 1.82) is 0 Å². The third kappa shape index (κ3) is 3.86. The number of hydrogen-bond donors (Lipinski definition) is 0. The highest BCUT2D eigenvalue weighted by Crippen LogP contribution is 2.45. The van der Waals surface area contributed by atoms with Gasteiger partial charge in [-0.3, -0.25) is 0 Å². The van der Waals surface area contributed by atoms with Crippen LogP contribution in [0, 0.1) is 12.3 Å². The van der Waals surface area contributed by atoms with E-state index in [-0.39, 0.29) is 0 Å². The Morgan fingerprint density at radius 2 is 1.39 bits per heavy atom. The van der Waals surface area contributed by atoms with E-state index in [1.165, 1.54) is 55.2 Å². The molecule has 2 aromatic carbocycles. The van der Waals surface area contributed by atoms with Crippen LogP contribution in [-0.2, 0) is 0 Å².